The molecule has 0 aliphatic carbocycles. The summed E-state index contributed by atoms with van der Waals surface area (Å²) in [6.45, 7) is -3.84. The number of likely N-dealkylation sites (N-methyl/N-ethyl adjacent to an activating group) is 4. The van der Waals surface area contributed by atoms with Crippen molar-refractivity contribution < 1.29 is 64.5 Å². The van der Waals surface area contributed by atoms with Gasteiger partial charge in [-0.25, -0.2) is 0 Å². The molecule has 4 unspecified atom stereocenters. The van der Waals surface area contributed by atoms with E-state index >= 15 is 0 Å². The predicted molar refractivity (Wildman–Crippen MR) is 261 cm³/mol. The second-order valence-corrected chi connectivity index (χ2v) is 18.9. The average Bonchev–Trinajstić information content (AvgIpc) is 3.17. The normalized spacial score (nSPS) is 13.3. The Labute approximate surface area is 414 Å². The summed E-state index contributed by atoms with van der Waals surface area (Å²) >= 11 is 10.8. The highest BCUT2D eigenvalue weighted by molar-refractivity contribution is 14.1. The van der Waals surface area contributed by atoms with Crippen LogP contribution < -0.4 is 20.9 Å². The molecule has 58 heavy (non-hydrogen) atoms. The number of anilines is 2. The van der Waals surface area contributed by atoms with Gasteiger partial charge in [0.1, 0.15) is 6.61 Å². The smallest absolute Gasteiger partial charge is 0.255 e. The molecule has 4 atom stereocenters. The molecule has 0 bridgehead atoms. The Kier molecular flexibility index (Phi) is 22.6. The van der Waals surface area contributed by atoms with Gasteiger partial charge in [-0.2, -0.15) is 0 Å². The van der Waals surface area contributed by atoms with Gasteiger partial charge < -0.3 is 66.4 Å². The quantitative estimate of drug-likeness (QED) is 0.0488. The number of hydrogen-bond acceptors (Lipinski definition) is 14. The highest BCUT2D eigenvalue weighted by atomic mass is 127. The Hall–Kier alpha value is -0.480. The molecule has 0 aliphatic heterocycles. The van der Waals surface area contributed by atoms with E-state index in [2.05, 4.69) is 16.0 Å². The summed E-state index contributed by atoms with van der Waals surface area (Å²) in [6.07, 6.45) is -3.90. The molecular weight excluding hydrogens is 1450 g/mol. The van der Waals surface area contributed by atoms with Gasteiger partial charge in [0.05, 0.1) is 76.9 Å². The molecule has 10 N–H and O–H groups in total. The maximum Gasteiger partial charge on any atom is 0.255 e. The molecule has 0 heterocycles. The maximum absolute atomic E-state index is 14.6. The highest BCUT2D eigenvalue weighted by Gasteiger charge is 2.39. The average molecular weight is 1490 g/mol. The SMILES string of the molecule is CNC(C(=O)c1c(I)c(NC(=O)CO)c(I)c(C(=O)NCC(O)CO)c1I)C(=O)N(C)c1c(I)c(C(=O)N(C)CC(O)CO)c(I)c(C(=O)N(C)CC(O)CO)c1I. The summed E-state index contributed by atoms with van der Waals surface area (Å²) in [5, 5.41) is 75.3. The van der Waals surface area contributed by atoms with Crippen molar-refractivity contribution in [1.82, 2.24) is 20.4 Å². The summed E-state index contributed by atoms with van der Waals surface area (Å²) in [6, 6.07) is -1.70. The van der Waals surface area contributed by atoms with Crippen molar-refractivity contribution in [2.45, 2.75) is 24.4 Å². The zero-order chi connectivity index (χ0) is 44.5. The standard InChI is InChI=1S/C33H40I6N6O13/c1-40-27(29(54)16-20(34)17(30(55)41-5-12(50)8-46)23(37)26(22(16)36)42-15(53)11-49)33(58)45(4)28-24(38)18(31(56)43(2)6-13(51)9-47)21(35)19(25(28)39)32(57)44(3)7-14(52)10-48/h12-14,27,40,46-52H,5-11H2,1-4H3,(H,41,55)(H,42,53). The topological polar surface area (TPSA) is 290 Å². The number of carbonyl (C=O) groups excluding carboxylic acids is 6. The minimum atomic E-state index is -1.70. The van der Waals surface area contributed by atoms with Crippen LogP contribution in [0.25, 0.3) is 0 Å². The lowest BCUT2D eigenvalue weighted by Crippen LogP contribution is -2.50. The van der Waals surface area contributed by atoms with E-state index in [0.29, 0.717) is 0 Å². The van der Waals surface area contributed by atoms with Crippen molar-refractivity contribution >= 4 is 182 Å². The lowest BCUT2D eigenvalue weighted by molar-refractivity contribution is -0.119. The molecule has 2 rings (SSSR count). The number of benzene rings is 2. The minimum Gasteiger partial charge on any atom is -0.394 e. The van der Waals surface area contributed by atoms with E-state index in [1.807, 2.05) is 67.8 Å². The number of nitrogens with one attached hydrogen (secondary N) is 3. The number of rotatable bonds is 19. The predicted octanol–water partition coefficient (Wildman–Crippen LogP) is -0.388. The first kappa shape index (κ1) is 53.7. The molecule has 5 amide bonds. The summed E-state index contributed by atoms with van der Waals surface area (Å²) in [5.41, 5.74) is -0.378. The molecule has 0 aliphatic rings. The van der Waals surface area contributed by atoms with Gasteiger partial charge in [-0.1, -0.05) is 0 Å². The molecule has 19 nitrogen and oxygen atoms in total. The molecule has 0 aromatic heterocycles. The van der Waals surface area contributed by atoms with Crippen molar-refractivity contribution in [3.05, 3.63) is 43.7 Å². The number of hydrogen-bond donors (Lipinski definition) is 10. The van der Waals surface area contributed by atoms with E-state index in [0.717, 1.165) is 14.7 Å². The van der Waals surface area contributed by atoms with Gasteiger partial charge in [-0.3, -0.25) is 28.8 Å². The third-order valence-electron chi connectivity index (χ3n) is 8.18. The monoisotopic (exact) mass is 1490 g/mol. The maximum atomic E-state index is 14.6. The van der Waals surface area contributed by atoms with E-state index in [1.165, 1.54) is 28.2 Å². The van der Waals surface area contributed by atoms with Crippen molar-refractivity contribution in [3.8, 4) is 0 Å². The first-order valence-corrected chi connectivity index (χ1v) is 23.0. The van der Waals surface area contributed by atoms with Gasteiger partial charge in [-0.05, 0) is 143 Å². The van der Waals surface area contributed by atoms with Crippen LogP contribution in [0.15, 0.2) is 0 Å². The van der Waals surface area contributed by atoms with E-state index < -0.39 is 86.1 Å². The number of nitrogens with zero attached hydrogens (tertiary/aromatic N) is 3. The van der Waals surface area contributed by atoms with Gasteiger partial charge in [0.2, 0.25) is 5.91 Å². The summed E-state index contributed by atoms with van der Waals surface area (Å²) in [5.74, 6) is -4.80. The van der Waals surface area contributed by atoms with Gasteiger partial charge in [0, 0.05) is 57.1 Å². The molecule has 2 aromatic rings. The molecule has 25 heteroatoms. The highest BCUT2D eigenvalue weighted by Crippen LogP contribution is 2.40. The third kappa shape index (κ3) is 12.6. The van der Waals surface area contributed by atoms with Crippen LogP contribution in [0.5, 0.6) is 0 Å². The second-order valence-electron chi connectivity index (χ2n) is 12.4. The van der Waals surface area contributed by atoms with E-state index in [1.54, 1.807) is 67.8 Å². The number of carbonyl (C=O) groups is 6. The molecular formula is C33H40I6N6O13. The fourth-order valence-corrected chi connectivity index (χ4v) is 14.4. The molecule has 0 saturated heterocycles. The van der Waals surface area contributed by atoms with Crippen LogP contribution >= 0.6 is 136 Å². The molecule has 0 fully saturated rings. The Morgan fingerprint density at radius 3 is 1.47 bits per heavy atom. The fourth-order valence-electron chi connectivity index (χ4n) is 5.16. The van der Waals surface area contributed by atoms with Crippen molar-refractivity contribution in [1.29, 1.82) is 0 Å². The van der Waals surface area contributed by atoms with Crippen molar-refractivity contribution in [2.75, 3.05) is 84.5 Å². The zero-order valence-electron chi connectivity index (χ0n) is 30.9. The van der Waals surface area contributed by atoms with Crippen molar-refractivity contribution in [2.24, 2.45) is 0 Å². The molecule has 322 valence electrons. The molecule has 0 spiro atoms. The third-order valence-corrected chi connectivity index (χ3v) is 14.6. The Morgan fingerprint density at radius 2 is 1.05 bits per heavy atom. The number of halogens is 6. The van der Waals surface area contributed by atoms with Crippen LogP contribution in [-0.4, -0.2) is 179 Å². The molecule has 0 radical (unpaired) electrons. The summed E-state index contributed by atoms with van der Waals surface area (Å²) < 4.78 is 0.833. The zero-order valence-corrected chi connectivity index (χ0v) is 43.9. The lowest BCUT2D eigenvalue weighted by Gasteiger charge is -2.30. The number of Topliss-reactive ketones (excluding diaryl/α,β-unsaturated/α-hetero) is 1. The molecule has 0 saturated carbocycles. The second kappa shape index (κ2) is 24.4. The number of amides is 5. The lowest BCUT2D eigenvalue weighted by atomic mass is 9.98. The van der Waals surface area contributed by atoms with Crippen LogP contribution in [0.2, 0.25) is 0 Å². The van der Waals surface area contributed by atoms with Gasteiger partial charge >= 0.3 is 0 Å². The fraction of sp³-hybridized carbons (Fsp3) is 0.455. The first-order valence-electron chi connectivity index (χ1n) is 16.5. The van der Waals surface area contributed by atoms with E-state index in [4.69, 9.17) is 0 Å². The minimum absolute atomic E-state index is 0.0218. The Bertz CT molecular complexity index is 1870. The number of aliphatic hydroxyl groups is 7. The number of aliphatic hydroxyl groups excluding tert-OH is 7. The summed E-state index contributed by atoms with van der Waals surface area (Å²) in [7, 11) is 5.38. The summed E-state index contributed by atoms with van der Waals surface area (Å²) in [4.78, 5) is 86.4. The Morgan fingerprint density at radius 1 is 0.621 bits per heavy atom. The van der Waals surface area contributed by atoms with Crippen LogP contribution in [0.1, 0.15) is 41.4 Å². The van der Waals surface area contributed by atoms with Crippen LogP contribution in [0.4, 0.5) is 11.4 Å². The first-order chi connectivity index (χ1) is 27.1. The molecule has 2 aromatic carbocycles. The van der Waals surface area contributed by atoms with Crippen LogP contribution in [-0.2, 0) is 9.59 Å². The largest absolute Gasteiger partial charge is 0.394 e. The van der Waals surface area contributed by atoms with E-state index in [-0.39, 0.29) is 74.7 Å². The van der Waals surface area contributed by atoms with Crippen molar-refractivity contribution in [3.63, 3.8) is 0 Å². The van der Waals surface area contributed by atoms with Crippen LogP contribution in [0.3, 0.4) is 0 Å². The van der Waals surface area contributed by atoms with Gasteiger partial charge in [-0.15, -0.1) is 0 Å². The van der Waals surface area contributed by atoms with Gasteiger partial charge in [0.15, 0.2) is 11.8 Å². The number of ketones is 1. The van der Waals surface area contributed by atoms with E-state index in [9.17, 15) is 64.5 Å². The van der Waals surface area contributed by atoms with Crippen LogP contribution in [0, 0.1) is 21.4 Å². The Balaban J connectivity index is 2.92. The van der Waals surface area contributed by atoms with Gasteiger partial charge in [0.25, 0.3) is 23.6 Å².